The second-order valence-corrected chi connectivity index (χ2v) is 6.91. The molecule has 0 aromatic heterocycles. The third-order valence-corrected chi connectivity index (χ3v) is 4.87. The van der Waals surface area contributed by atoms with E-state index in [9.17, 15) is 17.9 Å². The van der Waals surface area contributed by atoms with E-state index in [0.29, 0.717) is 5.56 Å². The molecule has 1 aromatic rings. The van der Waals surface area contributed by atoms with Crippen LogP contribution < -0.4 is 0 Å². The topological polar surface area (TPSA) is 54.4 Å². The van der Waals surface area contributed by atoms with Crippen LogP contribution >= 0.6 is 0 Å². The van der Waals surface area contributed by atoms with E-state index in [0.717, 1.165) is 0 Å². The number of phenols is 1. The van der Waals surface area contributed by atoms with Crippen LogP contribution in [-0.2, 0) is 16.3 Å². The van der Waals surface area contributed by atoms with Crippen molar-refractivity contribution < 1.29 is 17.9 Å². The van der Waals surface area contributed by atoms with Crippen LogP contribution in [-0.4, -0.2) is 30.7 Å². The Bertz CT molecular complexity index is 496. The standard InChI is InChI=1S/C12H15FO3S/c13-12(5-7-17(15,16)8-6-12)9-10-3-1-2-4-11(10)14/h1-4,14H,5-9H2. The summed E-state index contributed by atoms with van der Waals surface area (Å²) < 4.78 is 36.9. The maximum atomic E-state index is 14.4. The first-order valence-electron chi connectivity index (χ1n) is 5.56. The lowest BCUT2D eigenvalue weighted by Crippen LogP contribution is -2.37. The maximum absolute atomic E-state index is 14.4. The molecule has 1 heterocycles. The second kappa shape index (κ2) is 4.29. The molecule has 0 spiro atoms. The molecule has 0 bridgehead atoms. The van der Waals surface area contributed by atoms with Crippen LogP contribution in [0.5, 0.6) is 5.75 Å². The highest BCUT2D eigenvalue weighted by Gasteiger charge is 2.37. The third-order valence-electron chi connectivity index (χ3n) is 3.22. The van der Waals surface area contributed by atoms with Gasteiger partial charge < -0.3 is 5.11 Å². The molecule has 1 N–H and O–H groups in total. The number of hydrogen-bond donors (Lipinski definition) is 1. The molecule has 0 atom stereocenters. The average molecular weight is 258 g/mol. The van der Waals surface area contributed by atoms with Gasteiger partial charge in [0.15, 0.2) is 9.84 Å². The van der Waals surface area contributed by atoms with Crippen LogP contribution in [0.25, 0.3) is 0 Å². The number of para-hydroxylation sites is 1. The molecule has 17 heavy (non-hydrogen) atoms. The van der Waals surface area contributed by atoms with Gasteiger partial charge in [-0.05, 0) is 24.5 Å². The van der Waals surface area contributed by atoms with Gasteiger partial charge in [0.05, 0.1) is 11.5 Å². The lowest BCUT2D eigenvalue weighted by Gasteiger charge is -2.29. The monoisotopic (exact) mass is 258 g/mol. The quantitative estimate of drug-likeness (QED) is 0.880. The molecule has 0 radical (unpaired) electrons. The Morgan fingerprint density at radius 3 is 2.41 bits per heavy atom. The fourth-order valence-corrected chi connectivity index (χ4v) is 3.64. The van der Waals surface area contributed by atoms with Gasteiger partial charge in [0.2, 0.25) is 0 Å². The lowest BCUT2D eigenvalue weighted by atomic mass is 9.90. The number of sulfone groups is 1. The van der Waals surface area contributed by atoms with Crippen molar-refractivity contribution in [2.24, 2.45) is 0 Å². The molecule has 0 unspecified atom stereocenters. The van der Waals surface area contributed by atoms with Gasteiger partial charge in [0, 0.05) is 6.42 Å². The minimum Gasteiger partial charge on any atom is -0.508 e. The van der Waals surface area contributed by atoms with Crippen molar-refractivity contribution in [3.05, 3.63) is 29.8 Å². The van der Waals surface area contributed by atoms with Gasteiger partial charge in [-0.25, -0.2) is 12.8 Å². The van der Waals surface area contributed by atoms with Crippen LogP contribution in [0.15, 0.2) is 24.3 Å². The summed E-state index contributed by atoms with van der Waals surface area (Å²) in [6.45, 7) is 0. The second-order valence-electron chi connectivity index (χ2n) is 4.61. The number of aromatic hydroxyl groups is 1. The largest absolute Gasteiger partial charge is 0.508 e. The first kappa shape index (κ1) is 12.4. The smallest absolute Gasteiger partial charge is 0.150 e. The van der Waals surface area contributed by atoms with Crippen molar-refractivity contribution in [3.8, 4) is 5.75 Å². The normalized spacial score (nSPS) is 22.2. The van der Waals surface area contributed by atoms with Gasteiger partial charge in [-0.3, -0.25) is 0 Å². The van der Waals surface area contributed by atoms with Gasteiger partial charge >= 0.3 is 0 Å². The fraction of sp³-hybridized carbons (Fsp3) is 0.500. The predicted molar refractivity (Wildman–Crippen MR) is 63.5 cm³/mol. The zero-order valence-electron chi connectivity index (χ0n) is 9.39. The molecule has 1 fully saturated rings. The van der Waals surface area contributed by atoms with Crippen LogP contribution in [0.4, 0.5) is 4.39 Å². The summed E-state index contributed by atoms with van der Waals surface area (Å²) in [5.41, 5.74) is -0.973. The summed E-state index contributed by atoms with van der Waals surface area (Å²) in [6.07, 6.45) is 0.114. The molecular weight excluding hydrogens is 243 g/mol. The summed E-state index contributed by atoms with van der Waals surface area (Å²) >= 11 is 0. The Balaban J connectivity index is 2.12. The zero-order valence-corrected chi connectivity index (χ0v) is 10.2. The van der Waals surface area contributed by atoms with Gasteiger partial charge in [-0.15, -0.1) is 0 Å². The Morgan fingerprint density at radius 2 is 1.82 bits per heavy atom. The zero-order chi connectivity index (χ0) is 12.5. The number of alkyl halides is 1. The van der Waals surface area contributed by atoms with Crippen molar-refractivity contribution >= 4 is 9.84 Å². The number of halogens is 1. The Morgan fingerprint density at radius 1 is 1.24 bits per heavy atom. The molecule has 1 saturated heterocycles. The molecular formula is C12H15FO3S. The van der Waals surface area contributed by atoms with Crippen molar-refractivity contribution in [3.63, 3.8) is 0 Å². The summed E-state index contributed by atoms with van der Waals surface area (Å²) in [6, 6.07) is 6.59. The maximum Gasteiger partial charge on any atom is 0.150 e. The molecule has 2 rings (SSSR count). The fourth-order valence-electron chi connectivity index (χ4n) is 2.08. The molecule has 1 aliphatic rings. The van der Waals surface area contributed by atoms with E-state index < -0.39 is 15.5 Å². The van der Waals surface area contributed by atoms with Crippen LogP contribution in [0.2, 0.25) is 0 Å². The molecule has 0 aliphatic carbocycles. The summed E-state index contributed by atoms with van der Waals surface area (Å²) in [5, 5.41) is 9.57. The van der Waals surface area contributed by atoms with Crippen LogP contribution in [0.3, 0.4) is 0 Å². The number of phenolic OH excluding ortho intramolecular Hbond substituents is 1. The van der Waals surface area contributed by atoms with E-state index in [1.54, 1.807) is 18.2 Å². The summed E-state index contributed by atoms with van der Waals surface area (Å²) in [5.74, 6) is -0.133. The van der Waals surface area contributed by atoms with Crippen molar-refractivity contribution in [1.29, 1.82) is 0 Å². The van der Waals surface area contributed by atoms with Crippen LogP contribution in [0, 0.1) is 0 Å². The third kappa shape index (κ3) is 2.97. The Kier molecular flexibility index (Phi) is 3.12. The molecule has 1 aromatic carbocycles. The first-order chi connectivity index (χ1) is 7.90. The van der Waals surface area contributed by atoms with Gasteiger partial charge in [0.1, 0.15) is 11.4 Å². The Hall–Kier alpha value is -1.10. The highest BCUT2D eigenvalue weighted by molar-refractivity contribution is 7.91. The SMILES string of the molecule is O=S1(=O)CCC(F)(Cc2ccccc2O)CC1. The van der Waals surface area contributed by atoms with E-state index in [-0.39, 0.29) is 36.5 Å². The van der Waals surface area contributed by atoms with Gasteiger partial charge in [-0.1, -0.05) is 18.2 Å². The molecule has 94 valence electrons. The highest BCUT2D eigenvalue weighted by atomic mass is 32.2. The van der Waals surface area contributed by atoms with E-state index in [4.69, 9.17) is 0 Å². The number of rotatable bonds is 2. The average Bonchev–Trinajstić information content (AvgIpc) is 2.27. The van der Waals surface area contributed by atoms with E-state index in [2.05, 4.69) is 0 Å². The minimum absolute atomic E-state index is 0.0175. The first-order valence-corrected chi connectivity index (χ1v) is 7.39. The van der Waals surface area contributed by atoms with E-state index >= 15 is 0 Å². The van der Waals surface area contributed by atoms with Crippen LogP contribution in [0.1, 0.15) is 18.4 Å². The van der Waals surface area contributed by atoms with Gasteiger partial charge in [0.25, 0.3) is 0 Å². The van der Waals surface area contributed by atoms with Crippen molar-refractivity contribution in [1.82, 2.24) is 0 Å². The lowest BCUT2D eigenvalue weighted by molar-refractivity contribution is 0.146. The van der Waals surface area contributed by atoms with Crippen molar-refractivity contribution in [2.45, 2.75) is 24.9 Å². The van der Waals surface area contributed by atoms with Crippen molar-refractivity contribution in [2.75, 3.05) is 11.5 Å². The number of benzene rings is 1. The van der Waals surface area contributed by atoms with E-state index in [1.165, 1.54) is 6.07 Å². The molecule has 0 saturated carbocycles. The van der Waals surface area contributed by atoms with E-state index in [1.807, 2.05) is 0 Å². The molecule has 5 heteroatoms. The Labute approximate surface area is 100 Å². The highest BCUT2D eigenvalue weighted by Crippen LogP contribution is 2.33. The predicted octanol–water partition coefficient (Wildman–Crippen LogP) is 1.85. The number of hydrogen-bond acceptors (Lipinski definition) is 3. The molecule has 0 amide bonds. The summed E-state index contributed by atoms with van der Waals surface area (Å²) in [4.78, 5) is 0. The molecule has 1 aliphatic heterocycles. The minimum atomic E-state index is -3.06. The van der Waals surface area contributed by atoms with Gasteiger partial charge in [-0.2, -0.15) is 0 Å². The molecule has 3 nitrogen and oxygen atoms in total. The summed E-state index contributed by atoms with van der Waals surface area (Å²) in [7, 11) is -3.06.